The molecule has 3 fully saturated rings. The van der Waals surface area contributed by atoms with Gasteiger partial charge in [-0.2, -0.15) is 0 Å². The number of rotatable bonds is 18. The van der Waals surface area contributed by atoms with E-state index in [4.69, 9.17) is 33.2 Å². The summed E-state index contributed by atoms with van der Waals surface area (Å²) in [5, 5.41) is 117. The lowest BCUT2D eigenvalue weighted by Crippen LogP contribution is -2.65. The Bertz CT molecular complexity index is 1380. The molecule has 23 nitrogen and oxygen atoms in total. The molecule has 0 saturated carbocycles. The standard InChI is InChI=1S/C33H50N2O21/c36-10-16-20(39)23(42)25(44)30(53-16)51-13-18-22(41)28(56-32-26(45)24(43)21(40)17(11-37)54-32)27(46)31(55-18)50-9-8-34-19(38)7-6-15(29(47)48)35-33(49)52-12-14-4-2-1-3-5-14/h1-5,15-18,20-28,30-32,36-37,39-46H,6-13H2,(H,34,38)(H,35,49)(H,47,48)/t15?,16-,17-,18-,20-,21-,22-,23+,24+,25+,26+,27+,28+,30+,31+,32-/m1/s1. The number of hydrogen-bond acceptors (Lipinski definition) is 20. The highest BCUT2D eigenvalue weighted by Gasteiger charge is 2.52. The summed E-state index contributed by atoms with van der Waals surface area (Å²) in [5.41, 5.74) is 0.673. The summed E-state index contributed by atoms with van der Waals surface area (Å²) < 4.78 is 38.0. The molecule has 2 amide bonds. The minimum Gasteiger partial charge on any atom is -0.480 e. The van der Waals surface area contributed by atoms with Crippen molar-refractivity contribution in [3.05, 3.63) is 35.9 Å². The number of carbonyl (C=O) groups is 3. The molecule has 23 heteroatoms. The fraction of sp³-hybridized carbons (Fsp3) is 0.727. The van der Waals surface area contributed by atoms with Crippen LogP contribution in [0.3, 0.4) is 0 Å². The van der Waals surface area contributed by atoms with Crippen LogP contribution < -0.4 is 10.6 Å². The van der Waals surface area contributed by atoms with Gasteiger partial charge in [0.05, 0.1) is 26.4 Å². The van der Waals surface area contributed by atoms with Crippen LogP contribution in [0, 0.1) is 0 Å². The largest absolute Gasteiger partial charge is 0.480 e. The van der Waals surface area contributed by atoms with Crippen molar-refractivity contribution in [2.75, 3.05) is 33.0 Å². The Morgan fingerprint density at radius 3 is 1.88 bits per heavy atom. The number of ether oxygens (including phenoxy) is 7. The molecule has 1 unspecified atom stereocenters. The van der Waals surface area contributed by atoms with Crippen LogP contribution in [0.4, 0.5) is 4.79 Å². The fourth-order valence-corrected chi connectivity index (χ4v) is 5.96. The molecule has 0 aliphatic carbocycles. The number of aliphatic hydroxyl groups excluding tert-OH is 10. The minimum absolute atomic E-state index is 0.107. The maximum Gasteiger partial charge on any atom is 0.408 e. The van der Waals surface area contributed by atoms with Gasteiger partial charge in [0.25, 0.3) is 0 Å². The maximum atomic E-state index is 12.5. The van der Waals surface area contributed by atoms with E-state index < -0.39 is 136 Å². The molecular weight excluding hydrogens is 760 g/mol. The SMILES string of the molecule is O=C(CCC(NC(=O)OCc1ccccc1)C(=O)O)NCCO[C@H]1O[C@H](CO[C@H]2O[C@H](CO)[C@@H](O)[C@H](O)[C@@H]2O)[C@@H](O)[C@H](O[C@H]2O[C@H](CO)[C@@H](O)[C@H](O)[C@@H]2O)[C@@H]1O. The Morgan fingerprint density at radius 1 is 0.696 bits per heavy atom. The molecule has 3 saturated heterocycles. The molecule has 16 atom stereocenters. The number of carboxylic acids is 1. The number of alkyl carbamates (subject to hydrolysis) is 1. The zero-order chi connectivity index (χ0) is 41.1. The van der Waals surface area contributed by atoms with Gasteiger partial charge >= 0.3 is 12.1 Å². The number of hydrogen-bond donors (Lipinski definition) is 13. The highest BCUT2D eigenvalue weighted by molar-refractivity contribution is 5.81. The Morgan fingerprint density at radius 2 is 1.27 bits per heavy atom. The third-order valence-corrected chi connectivity index (χ3v) is 9.22. The van der Waals surface area contributed by atoms with Gasteiger partial charge in [-0.1, -0.05) is 30.3 Å². The molecule has 0 bridgehead atoms. The molecule has 4 rings (SSSR count). The second-order valence-electron chi connectivity index (χ2n) is 13.2. The lowest BCUT2D eigenvalue weighted by atomic mass is 9.96. The summed E-state index contributed by atoms with van der Waals surface area (Å²) in [7, 11) is 0. The summed E-state index contributed by atoms with van der Waals surface area (Å²) in [4.78, 5) is 36.3. The molecule has 0 radical (unpaired) electrons. The summed E-state index contributed by atoms with van der Waals surface area (Å²) in [5.74, 6) is -2.05. The van der Waals surface area contributed by atoms with Crippen LogP contribution in [0.15, 0.2) is 30.3 Å². The van der Waals surface area contributed by atoms with E-state index in [1.165, 1.54) is 0 Å². The van der Waals surface area contributed by atoms with Crippen molar-refractivity contribution in [2.45, 2.75) is 118 Å². The molecule has 0 spiro atoms. The Labute approximate surface area is 318 Å². The van der Waals surface area contributed by atoms with E-state index >= 15 is 0 Å². The van der Waals surface area contributed by atoms with Gasteiger partial charge < -0.3 is 100.0 Å². The highest BCUT2D eigenvalue weighted by atomic mass is 16.7. The summed E-state index contributed by atoms with van der Waals surface area (Å²) >= 11 is 0. The quantitative estimate of drug-likeness (QED) is 0.0613. The summed E-state index contributed by atoms with van der Waals surface area (Å²) in [6.07, 6.45) is -27.5. The molecular formula is C33H50N2O21. The lowest BCUT2D eigenvalue weighted by Gasteiger charge is -2.46. The Kier molecular flexibility index (Phi) is 17.5. The number of nitrogens with one attached hydrogen (secondary N) is 2. The molecule has 56 heavy (non-hydrogen) atoms. The van der Waals surface area contributed by atoms with Gasteiger partial charge in [-0.25, -0.2) is 9.59 Å². The predicted octanol–water partition coefficient (Wildman–Crippen LogP) is -6.27. The highest BCUT2D eigenvalue weighted by Crippen LogP contribution is 2.31. The van der Waals surface area contributed by atoms with Gasteiger partial charge in [-0.3, -0.25) is 4.79 Å². The van der Waals surface area contributed by atoms with Gasteiger partial charge in [0.15, 0.2) is 18.9 Å². The van der Waals surface area contributed by atoms with E-state index in [9.17, 15) is 70.6 Å². The third kappa shape index (κ3) is 11.9. The molecule has 318 valence electrons. The first-order valence-electron chi connectivity index (χ1n) is 17.6. The number of benzene rings is 1. The van der Waals surface area contributed by atoms with Crippen LogP contribution in [0.2, 0.25) is 0 Å². The number of carboxylic acid groups (broad SMARTS) is 1. The third-order valence-electron chi connectivity index (χ3n) is 9.22. The zero-order valence-corrected chi connectivity index (χ0v) is 29.8. The number of aliphatic carboxylic acids is 1. The monoisotopic (exact) mass is 810 g/mol. The van der Waals surface area contributed by atoms with E-state index in [1.54, 1.807) is 30.3 Å². The Balaban J connectivity index is 1.33. The zero-order valence-electron chi connectivity index (χ0n) is 29.8. The van der Waals surface area contributed by atoms with Gasteiger partial charge in [0.2, 0.25) is 5.91 Å². The van der Waals surface area contributed by atoms with Crippen LogP contribution in [0.1, 0.15) is 18.4 Å². The van der Waals surface area contributed by atoms with Crippen molar-refractivity contribution in [3.8, 4) is 0 Å². The van der Waals surface area contributed by atoms with Crippen molar-refractivity contribution in [2.24, 2.45) is 0 Å². The van der Waals surface area contributed by atoms with Crippen molar-refractivity contribution >= 4 is 18.0 Å². The molecule has 0 aromatic heterocycles. The Hall–Kier alpha value is -3.21. The average molecular weight is 811 g/mol. The molecule has 3 aliphatic heterocycles. The summed E-state index contributed by atoms with van der Waals surface area (Å²) in [6, 6.07) is 7.19. The van der Waals surface area contributed by atoms with Crippen LogP contribution in [0.25, 0.3) is 0 Å². The van der Waals surface area contributed by atoms with Gasteiger partial charge in [0, 0.05) is 13.0 Å². The van der Waals surface area contributed by atoms with Crippen LogP contribution in [-0.2, 0) is 49.4 Å². The lowest BCUT2D eigenvalue weighted by molar-refractivity contribution is -0.366. The van der Waals surface area contributed by atoms with Crippen molar-refractivity contribution in [1.29, 1.82) is 0 Å². The minimum atomic E-state index is -1.94. The smallest absolute Gasteiger partial charge is 0.408 e. The van der Waals surface area contributed by atoms with Gasteiger partial charge in [-0.05, 0) is 12.0 Å². The van der Waals surface area contributed by atoms with E-state index in [0.29, 0.717) is 5.56 Å². The van der Waals surface area contributed by atoms with Crippen LogP contribution in [0.5, 0.6) is 0 Å². The van der Waals surface area contributed by atoms with Crippen molar-refractivity contribution < 1.29 is 104 Å². The number of amides is 2. The average Bonchev–Trinajstić information content (AvgIpc) is 3.19. The van der Waals surface area contributed by atoms with Gasteiger partial charge in [-0.15, -0.1) is 0 Å². The first-order chi connectivity index (χ1) is 26.7. The van der Waals surface area contributed by atoms with Gasteiger partial charge in [0.1, 0.15) is 85.9 Å². The number of aliphatic hydroxyl groups is 10. The van der Waals surface area contributed by atoms with Crippen LogP contribution >= 0.6 is 0 Å². The van der Waals surface area contributed by atoms with Crippen LogP contribution in [-0.4, -0.2) is 205 Å². The molecule has 3 heterocycles. The van der Waals surface area contributed by atoms with E-state index in [-0.39, 0.29) is 32.6 Å². The topological polar surface area (TPSA) is 362 Å². The van der Waals surface area contributed by atoms with Crippen molar-refractivity contribution in [3.63, 3.8) is 0 Å². The second kappa shape index (κ2) is 21.5. The molecule has 1 aromatic carbocycles. The fourth-order valence-electron chi connectivity index (χ4n) is 5.96. The first-order valence-corrected chi connectivity index (χ1v) is 17.6. The summed E-state index contributed by atoms with van der Waals surface area (Å²) in [6.45, 7) is -2.97. The van der Waals surface area contributed by atoms with E-state index in [1.807, 2.05) is 0 Å². The molecule has 3 aliphatic rings. The van der Waals surface area contributed by atoms with E-state index in [0.717, 1.165) is 0 Å². The first kappa shape index (κ1) is 45.5. The molecule has 1 aromatic rings. The molecule has 13 N–H and O–H groups in total. The normalized spacial score (nSPS) is 36.6. The van der Waals surface area contributed by atoms with Crippen molar-refractivity contribution in [1.82, 2.24) is 10.6 Å². The van der Waals surface area contributed by atoms with E-state index in [2.05, 4.69) is 10.6 Å². The predicted molar refractivity (Wildman–Crippen MR) is 178 cm³/mol. The number of carbonyl (C=O) groups excluding carboxylic acids is 2. The second-order valence-corrected chi connectivity index (χ2v) is 13.2. The maximum absolute atomic E-state index is 12.5.